The van der Waals surface area contributed by atoms with Crippen molar-refractivity contribution in [2.45, 2.75) is 6.54 Å². The van der Waals surface area contributed by atoms with Crippen LogP contribution in [0, 0.1) is 0 Å². The first-order valence-corrected chi connectivity index (χ1v) is 6.32. The van der Waals surface area contributed by atoms with Crippen LogP contribution >= 0.6 is 11.6 Å². The molecule has 18 heavy (non-hydrogen) atoms. The first kappa shape index (κ1) is 11.3. The molecule has 2 aromatic rings. The van der Waals surface area contributed by atoms with Crippen molar-refractivity contribution in [3.05, 3.63) is 66.0 Å². The highest BCUT2D eigenvalue weighted by Crippen LogP contribution is 2.32. The number of rotatable bonds is 2. The Hall–Kier alpha value is -1.80. The van der Waals surface area contributed by atoms with E-state index in [1.165, 1.54) is 5.56 Å². The molecule has 1 aliphatic heterocycles. The number of nitrogens with zero attached hydrogens (tertiary/aromatic N) is 2. The number of benzene rings is 1. The van der Waals surface area contributed by atoms with Gasteiger partial charge in [-0.2, -0.15) is 0 Å². The molecule has 0 saturated heterocycles. The Labute approximate surface area is 112 Å². The fraction of sp³-hybridized carbons (Fsp3) is 0.133. The molecule has 0 N–H and O–H groups in total. The fourth-order valence-electron chi connectivity index (χ4n) is 2.17. The highest BCUT2D eigenvalue weighted by molar-refractivity contribution is 6.49. The molecule has 0 fully saturated rings. The first-order chi connectivity index (χ1) is 8.84. The van der Waals surface area contributed by atoms with Crippen molar-refractivity contribution in [1.29, 1.82) is 0 Å². The SMILES string of the molecule is ClC1=CCN(Cc2ccccc2)c2cccnc21. The van der Waals surface area contributed by atoms with Gasteiger partial charge in [-0.05, 0) is 23.8 Å². The second-order valence-corrected chi connectivity index (χ2v) is 4.70. The van der Waals surface area contributed by atoms with Crippen LogP contribution in [0.4, 0.5) is 5.69 Å². The third kappa shape index (κ3) is 2.12. The van der Waals surface area contributed by atoms with Gasteiger partial charge < -0.3 is 4.90 Å². The van der Waals surface area contributed by atoms with Crippen LogP contribution in [0.15, 0.2) is 54.7 Å². The van der Waals surface area contributed by atoms with Crippen LogP contribution in [-0.4, -0.2) is 11.5 Å². The summed E-state index contributed by atoms with van der Waals surface area (Å²) in [7, 11) is 0. The molecule has 0 radical (unpaired) electrons. The van der Waals surface area contributed by atoms with Crippen LogP contribution in [0.25, 0.3) is 5.03 Å². The molecule has 0 aliphatic carbocycles. The van der Waals surface area contributed by atoms with E-state index < -0.39 is 0 Å². The highest BCUT2D eigenvalue weighted by Gasteiger charge is 2.18. The number of hydrogen-bond acceptors (Lipinski definition) is 2. The number of pyridine rings is 1. The molecule has 0 spiro atoms. The lowest BCUT2D eigenvalue weighted by atomic mass is 10.1. The van der Waals surface area contributed by atoms with Crippen LogP contribution in [0.2, 0.25) is 0 Å². The molecule has 3 heteroatoms. The molecule has 1 aromatic heterocycles. The van der Waals surface area contributed by atoms with Crippen LogP contribution in [0.5, 0.6) is 0 Å². The second-order valence-electron chi connectivity index (χ2n) is 4.29. The van der Waals surface area contributed by atoms with Crippen molar-refractivity contribution >= 4 is 22.3 Å². The van der Waals surface area contributed by atoms with Crippen LogP contribution in [-0.2, 0) is 6.54 Å². The van der Waals surface area contributed by atoms with Crippen molar-refractivity contribution in [3.8, 4) is 0 Å². The molecule has 3 rings (SSSR count). The van der Waals surface area contributed by atoms with Crippen molar-refractivity contribution in [1.82, 2.24) is 4.98 Å². The van der Waals surface area contributed by atoms with Gasteiger partial charge in [0.15, 0.2) is 0 Å². The zero-order valence-corrected chi connectivity index (χ0v) is 10.6. The van der Waals surface area contributed by atoms with Crippen molar-refractivity contribution in [2.75, 3.05) is 11.4 Å². The molecule has 0 saturated carbocycles. The number of halogens is 1. The van der Waals surface area contributed by atoms with E-state index in [0.717, 1.165) is 29.5 Å². The van der Waals surface area contributed by atoms with Gasteiger partial charge in [0.2, 0.25) is 0 Å². The summed E-state index contributed by atoms with van der Waals surface area (Å²) >= 11 is 6.19. The lowest BCUT2D eigenvalue weighted by Crippen LogP contribution is -2.26. The molecule has 1 aromatic carbocycles. The topological polar surface area (TPSA) is 16.1 Å². The van der Waals surface area contributed by atoms with Crippen molar-refractivity contribution in [3.63, 3.8) is 0 Å². The minimum Gasteiger partial charge on any atom is -0.362 e. The molecular formula is C15H13ClN2. The average Bonchev–Trinajstić information content (AvgIpc) is 2.44. The van der Waals surface area contributed by atoms with E-state index in [1.54, 1.807) is 6.20 Å². The average molecular weight is 257 g/mol. The third-order valence-corrected chi connectivity index (χ3v) is 3.39. The number of aromatic nitrogens is 1. The Balaban J connectivity index is 1.92. The standard InChI is InChI=1S/C15H13ClN2/c16-13-8-10-18(11-12-5-2-1-3-6-12)14-7-4-9-17-15(13)14/h1-9H,10-11H2. The molecule has 0 unspecified atom stereocenters. The lowest BCUT2D eigenvalue weighted by Gasteiger charge is -2.28. The van der Waals surface area contributed by atoms with Gasteiger partial charge in [0.25, 0.3) is 0 Å². The number of hydrogen-bond donors (Lipinski definition) is 0. The van der Waals surface area contributed by atoms with Crippen LogP contribution < -0.4 is 4.90 Å². The summed E-state index contributed by atoms with van der Waals surface area (Å²) in [5.74, 6) is 0. The Kier molecular flexibility index (Phi) is 3.03. The van der Waals surface area contributed by atoms with E-state index in [4.69, 9.17) is 11.6 Å². The maximum absolute atomic E-state index is 6.19. The van der Waals surface area contributed by atoms with E-state index in [1.807, 2.05) is 18.2 Å². The highest BCUT2D eigenvalue weighted by atomic mass is 35.5. The normalized spacial score (nSPS) is 14.1. The third-order valence-electron chi connectivity index (χ3n) is 3.06. The van der Waals surface area contributed by atoms with Gasteiger partial charge in [-0.25, -0.2) is 0 Å². The minimum absolute atomic E-state index is 0.745. The molecule has 0 bridgehead atoms. The molecular weight excluding hydrogens is 244 g/mol. The first-order valence-electron chi connectivity index (χ1n) is 5.94. The lowest BCUT2D eigenvalue weighted by molar-refractivity contribution is 0.853. The minimum atomic E-state index is 0.745. The largest absolute Gasteiger partial charge is 0.362 e. The van der Waals surface area contributed by atoms with Gasteiger partial charge in [-0.15, -0.1) is 0 Å². The zero-order valence-electron chi connectivity index (χ0n) is 9.88. The molecule has 2 nitrogen and oxygen atoms in total. The Morgan fingerprint density at radius 3 is 2.78 bits per heavy atom. The van der Waals surface area contributed by atoms with Gasteiger partial charge in [-0.3, -0.25) is 4.98 Å². The quantitative estimate of drug-likeness (QED) is 0.815. The predicted octanol–water partition coefficient (Wildman–Crippen LogP) is 3.68. The molecule has 90 valence electrons. The predicted molar refractivity (Wildman–Crippen MR) is 75.6 cm³/mol. The molecule has 2 heterocycles. The fourth-order valence-corrected chi connectivity index (χ4v) is 2.39. The van der Waals surface area contributed by atoms with Gasteiger partial charge in [-0.1, -0.05) is 41.9 Å². The zero-order chi connectivity index (χ0) is 12.4. The second kappa shape index (κ2) is 4.83. The summed E-state index contributed by atoms with van der Waals surface area (Å²) in [5.41, 5.74) is 3.27. The van der Waals surface area contributed by atoms with E-state index in [0.29, 0.717) is 0 Å². The summed E-state index contributed by atoms with van der Waals surface area (Å²) < 4.78 is 0. The van der Waals surface area contributed by atoms with Crippen molar-refractivity contribution in [2.24, 2.45) is 0 Å². The summed E-state index contributed by atoms with van der Waals surface area (Å²) in [5, 5.41) is 0.745. The van der Waals surface area contributed by atoms with Gasteiger partial charge >= 0.3 is 0 Å². The maximum Gasteiger partial charge on any atom is 0.105 e. The van der Waals surface area contributed by atoms with Gasteiger partial charge in [0.05, 0.1) is 10.7 Å². The summed E-state index contributed by atoms with van der Waals surface area (Å²) in [4.78, 5) is 6.63. The van der Waals surface area contributed by atoms with E-state index in [2.05, 4.69) is 40.2 Å². The van der Waals surface area contributed by atoms with Crippen LogP contribution in [0.1, 0.15) is 11.3 Å². The molecule has 1 aliphatic rings. The monoisotopic (exact) mass is 256 g/mol. The maximum atomic E-state index is 6.19. The molecule has 0 amide bonds. The van der Waals surface area contributed by atoms with E-state index >= 15 is 0 Å². The Morgan fingerprint density at radius 2 is 1.94 bits per heavy atom. The van der Waals surface area contributed by atoms with Gasteiger partial charge in [0, 0.05) is 19.3 Å². The Morgan fingerprint density at radius 1 is 1.11 bits per heavy atom. The molecule has 0 atom stereocenters. The van der Waals surface area contributed by atoms with Crippen molar-refractivity contribution < 1.29 is 0 Å². The number of fused-ring (bicyclic) bond motifs is 1. The summed E-state index contributed by atoms with van der Waals surface area (Å²) in [6.07, 6.45) is 3.79. The smallest absolute Gasteiger partial charge is 0.105 e. The van der Waals surface area contributed by atoms with E-state index in [-0.39, 0.29) is 0 Å². The van der Waals surface area contributed by atoms with E-state index in [9.17, 15) is 0 Å². The summed E-state index contributed by atoms with van der Waals surface area (Å²) in [6, 6.07) is 14.4. The number of anilines is 1. The summed E-state index contributed by atoms with van der Waals surface area (Å²) in [6.45, 7) is 1.70. The van der Waals surface area contributed by atoms with Crippen LogP contribution in [0.3, 0.4) is 0 Å². The Bertz CT molecular complexity index is 578. The van der Waals surface area contributed by atoms with Gasteiger partial charge in [0.1, 0.15) is 5.69 Å².